The average Bonchev–Trinajstić information content (AvgIpc) is 2.91. The fourth-order valence-corrected chi connectivity index (χ4v) is 5.47. The molecule has 4 aromatic rings. The maximum atomic E-state index is 13.7. The standard InChI is InChI=1S/C29H24ClFN4O3/c30-23-15-20(9-10-24(23)31)33-28(37)22-14-18-13-17-3-1-11-35-12-2-4-21(25(17)35)26(18)38-29(22)34-19-7-5-16(6-8-19)27(32)36/h5-10,13-15H,1-4,11-12H2,(H2,32,36)(H,33,37). The van der Waals surface area contributed by atoms with Crippen LogP contribution in [0.2, 0.25) is 5.02 Å². The van der Waals surface area contributed by atoms with Crippen molar-refractivity contribution in [3.63, 3.8) is 0 Å². The quantitative estimate of drug-likeness (QED) is 0.363. The molecule has 9 heteroatoms. The van der Waals surface area contributed by atoms with Crippen molar-refractivity contribution in [1.29, 1.82) is 0 Å². The van der Waals surface area contributed by atoms with Crippen molar-refractivity contribution >= 4 is 51.4 Å². The fourth-order valence-electron chi connectivity index (χ4n) is 5.29. The normalized spacial score (nSPS) is 14.9. The second-order valence-electron chi connectivity index (χ2n) is 9.55. The molecule has 1 aromatic heterocycles. The SMILES string of the molecule is NC(=O)c1ccc(N=c2oc3c4c5c(cc3cc2C(=O)Nc2ccc(F)c(Cl)c2)CCCN5CCC4)cc1. The third-order valence-electron chi connectivity index (χ3n) is 7.03. The van der Waals surface area contributed by atoms with E-state index in [4.69, 9.17) is 21.8 Å². The molecule has 0 aliphatic carbocycles. The molecule has 0 atom stereocenters. The minimum atomic E-state index is -0.576. The lowest BCUT2D eigenvalue weighted by Crippen LogP contribution is -2.34. The third kappa shape index (κ3) is 4.41. The van der Waals surface area contributed by atoms with Crippen LogP contribution in [0.3, 0.4) is 0 Å². The number of primary amides is 1. The number of benzene rings is 3. The van der Waals surface area contributed by atoms with Crippen LogP contribution in [0.5, 0.6) is 0 Å². The largest absolute Gasteiger partial charge is 0.437 e. The Kier molecular flexibility index (Phi) is 6.12. The summed E-state index contributed by atoms with van der Waals surface area (Å²) in [6, 6.07) is 14.3. The van der Waals surface area contributed by atoms with Crippen molar-refractivity contribution in [3.05, 3.63) is 93.2 Å². The molecule has 0 saturated heterocycles. The van der Waals surface area contributed by atoms with Crippen LogP contribution in [0.1, 0.15) is 44.7 Å². The van der Waals surface area contributed by atoms with Gasteiger partial charge in [-0.25, -0.2) is 9.38 Å². The lowest BCUT2D eigenvalue weighted by Gasteiger charge is -2.37. The Morgan fingerprint density at radius 3 is 2.53 bits per heavy atom. The van der Waals surface area contributed by atoms with E-state index in [1.807, 2.05) is 0 Å². The van der Waals surface area contributed by atoms with E-state index >= 15 is 0 Å². The molecule has 192 valence electrons. The highest BCUT2D eigenvalue weighted by molar-refractivity contribution is 6.31. The molecule has 0 saturated carbocycles. The molecule has 0 fully saturated rings. The number of carbonyl (C=O) groups excluding carboxylic acids is 2. The highest BCUT2D eigenvalue weighted by Crippen LogP contribution is 2.39. The second-order valence-corrected chi connectivity index (χ2v) is 9.95. The summed E-state index contributed by atoms with van der Waals surface area (Å²) in [6.45, 7) is 2.05. The topological polar surface area (TPSA) is 101 Å². The number of nitrogens with two attached hydrogens (primary N) is 1. The van der Waals surface area contributed by atoms with Crippen LogP contribution in [-0.2, 0) is 12.8 Å². The van der Waals surface area contributed by atoms with Crippen molar-refractivity contribution in [2.24, 2.45) is 10.7 Å². The Labute approximate surface area is 222 Å². The minimum absolute atomic E-state index is 0.0965. The number of anilines is 2. The van der Waals surface area contributed by atoms with Gasteiger partial charge in [-0.05, 0) is 85.8 Å². The zero-order chi connectivity index (χ0) is 26.4. The van der Waals surface area contributed by atoms with Gasteiger partial charge in [0.1, 0.15) is 17.0 Å². The van der Waals surface area contributed by atoms with Crippen LogP contribution >= 0.6 is 11.6 Å². The molecule has 3 N–H and O–H groups in total. The Hall–Kier alpha value is -4.17. The van der Waals surface area contributed by atoms with Gasteiger partial charge in [0.05, 0.1) is 10.7 Å². The fraction of sp³-hybridized carbons (Fsp3) is 0.207. The molecule has 7 nitrogen and oxygen atoms in total. The summed E-state index contributed by atoms with van der Waals surface area (Å²) in [4.78, 5) is 32.0. The number of hydrogen-bond acceptors (Lipinski definition) is 5. The van der Waals surface area contributed by atoms with E-state index in [1.165, 1.54) is 29.4 Å². The maximum Gasteiger partial charge on any atom is 0.261 e. The van der Waals surface area contributed by atoms with Crippen molar-refractivity contribution in [2.75, 3.05) is 23.3 Å². The summed E-state index contributed by atoms with van der Waals surface area (Å²) < 4.78 is 20.1. The van der Waals surface area contributed by atoms with Crippen LogP contribution in [0.15, 0.2) is 64.0 Å². The van der Waals surface area contributed by atoms with E-state index < -0.39 is 17.6 Å². The molecule has 0 radical (unpaired) electrons. The second kappa shape index (κ2) is 9.61. The van der Waals surface area contributed by atoms with Gasteiger partial charge >= 0.3 is 0 Å². The summed E-state index contributed by atoms with van der Waals surface area (Å²) in [6.07, 6.45) is 3.97. The van der Waals surface area contributed by atoms with Gasteiger partial charge in [0.25, 0.3) is 5.91 Å². The van der Waals surface area contributed by atoms with Gasteiger partial charge in [-0.3, -0.25) is 9.59 Å². The summed E-state index contributed by atoms with van der Waals surface area (Å²) in [5, 5.41) is 3.50. The molecular formula is C29H24ClFN4O3. The number of carbonyl (C=O) groups is 2. The first-order valence-corrected chi connectivity index (χ1v) is 12.8. The Bertz CT molecular complexity index is 1680. The zero-order valence-electron chi connectivity index (χ0n) is 20.4. The van der Waals surface area contributed by atoms with E-state index in [2.05, 4.69) is 21.3 Å². The van der Waals surface area contributed by atoms with Crippen LogP contribution in [0.4, 0.5) is 21.5 Å². The predicted octanol–water partition coefficient (Wildman–Crippen LogP) is 5.51. The summed E-state index contributed by atoms with van der Waals surface area (Å²) in [5.41, 5.74) is 11.2. The van der Waals surface area contributed by atoms with Crippen LogP contribution in [0.25, 0.3) is 11.0 Å². The molecule has 0 unspecified atom stereocenters. The van der Waals surface area contributed by atoms with E-state index in [0.717, 1.165) is 49.7 Å². The van der Waals surface area contributed by atoms with Gasteiger partial charge in [-0.1, -0.05) is 11.6 Å². The maximum absolute atomic E-state index is 13.7. The van der Waals surface area contributed by atoms with Gasteiger partial charge < -0.3 is 20.4 Å². The molecule has 2 aliphatic heterocycles. The lowest BCUT2D eigenvalue weighted by atomic mass is 9.90. The molecule has 2 aliphatic rings. The third-order valence-corrected chi connectivity index (χ3v) is 7.32. The Morgan fingerprint density at radius 1 is 1.03 bits per heavy atom. The van der Waals surface area contributed by atoms with Gasteiger partial charge in [-0.2, -0.15) is 0 Å². The molecule has 0 bridgehead atoms. The van der Waals surface area contributed by atoms with Crippen molar-refractivity contribution < 1.29 is 18.4 Å². The van der Waals surface area contributed by atoms with Gasteiger partial charge in [0, 0.05) is 41.0 Å². The first-order chi connectivity index (χ1) is 18.4. The van der Waals surface area contributed by atoms with Gasteiger partial charge in [0.15, 0.2) is 0 Å². The smallest absolute Gasteiger partial charge is 0.261 e. The summed E-state index contributed by atoms with van der Waals surface area (Å²) >= 11 is 5.91. The predicted molar refractivity (Wildman–Crippen MR) is 145 cm³/mol. The number of nitrogens with one attached hydrogen (secondary N) is 1. The molecule has 3 aromatic carbocycles. The number of amides is 2. The number of rotatable bonds is 4. The summed E-state index contributed by atoms with van der Waals surface area (Å²) in [7, 11) is 0. The molecule has 38 heavy (non-hydrogen) atoms. The lowest BCUT2D eigenvalue weighted by molar-refractivity contribution is 0.0997. The molecule has 2 amide bonds. The van der Waals surface area contributed by atoms with E-state index in [9.17, 15) is 14.0 Å². The van der Waals surface area contributed by atoms with E-state index in [1.54, 1.807) is 30.3 Å². The minimum Gasteiger partial charge on any atom is -0.437 e. The first-order valence-electron chi connectivity index (χ1n) is 12.5. The van der Waals surface area contributed by atoms with Crippen LogP contribution in [-0.4, -0.2) is 24.9 Å². The number of aryl methyl sites for hydroxylation is 2. The van der Waals surface area contributed by atoms with Crippen molar-refractivity contribution in [2.45, 2.75) is 25.7 Å². The monoisotopic (exact) mass is 530 g/mol. The Morgan fingerprint density at radius 2 is 1.79 bits per heavy atom. The highest BCUT2D eigenvalue weighted by atomic mass is 35.5. The zero-order valence-corrected chi connectivity index (χ0v) is 21.1. The highest BCUT2D eigenvalue weighted by Gasteiger charge is 2.27. The molecular weight excluding hydrogens is 507 g/mol. The van der Waals surface area contributed by atoms with Crippen molar-refractivity contribution in [3.8, 4) is 0 Å². The summed E-state index contributed by atoms with van der Waals surface area (Å²) in [5.74, 6) is -1.59. The Balaban J connectivity index is 1.53. The van der Waals surface area contributed by atoms with Gasteiger partial charge in [-0.15, -0.1) is 0 Å². The van der Waals surface area contributed by atoms with Crippen LogP contribution < -0.4 is 21.5 Å². The average molecular weight is 531 g/mol. The van der Waals surface area contributed by atoms with E-state index in [-0.39, 0.29) is 16.1 Å². The molecule has 3 heterocycles. The number of hydrogen-bond donors (Lipinski definition) is 2. The number of fused-ring (bicyclic) bond motifs is 2. The van der Waals surface area contributed by atoms with E-state index in [0.29, 0.717) is 22.5 Å². The van der Waals surface area contributed by atoms with Crippen molar-refractivity contribution in [1.82, 2.24) is 0 Å². The number of halogens is 2. The number of nitrogens with zero attached hydrogens (tertiary/aromatic N) is 2. The van der Waals surface area contributed by atoms with Crippen LogP contribution in [0, 0.1) is 5.82 Å². The first kappa shape index (κ1) is 24.2. The molecule has 6 rings (SSSR count). The molecule has 0 spiro atoms. The van der Waals surface area contributed by atoms with Gasteiger partial charge in [0.2, 0.25) is 11.5 Å².